The van der Waals surface area contributed by atoms with Crippen molar-refractivity contribution < 1.29 is 14.3 Å². The Labute approximate surface area is 98.0 Å². The summed E-state index contributed by atoms with van der Waals surface area (Å²) in [4.78, 5) is 11.2. The average Bonchev–Trinajstić information content (AvgIpc) is 2.28. The Bertz CT molecular complexity index is 204. The van der Waals surface area contributed by atoms with Gasteiger partial charge >= 0.3 is 5.97 Å². The molecule has 0 rings (SSSR count). The van der Waals surface area contributed by atoms with Gasteiger partial charge < -0.3 is 14.8 Å². The minimum absolute atomic E-state index is 0.322. The van der Waals surface area contributed by atoms with E-state index in [0.717, 1.165) is 32.6 Å². The Morgan fingerprint density at radius 1 is 1.31 bits per heavy atom. The average molecular weight is 229 g/mol. The molecule has 0 saturated carbocycles. The number of esters is 1. The van der Waals surface area contributed by atoms with Gasteiger partial charge in [0.15, 0.2) is 0 Å². The van der Waals surface area contributed by atoms with Crippen LogP contribution in [-0.2, 0) is 14.3 Å². The van der Waals surface area contributed by atoms with Gasteiger partial charge in [0, 0.05) is 25.3 Å². The molecule has 0 aromatic heterocycles. The van der Waals surface area contributed by atoms with E-state index in [-0.39, 0.29) is 5.97 Å². The molecule has 16 heavy (non-hydrogen) atoms. The predicted octanol–water partition coefficient (Wildman–Crippen LogP) is 1.51. The highest BCUT2D eigenvalue weighted by Gasteiger charge is 2.05. The van der Waals surface area contributed by atoms with E-state index < -0.39 is 0 Å². The van der Waals surface area contributed by atoms with Crippen molar-refractivity contribution in [3.8, 4) is 0 Å². The first kappa shape index (κ1) is 15.1. The number of rotatable bonds is 10. The van der Waals surface area contributed by atoms with Crippen molar-refractivity contribution in [1.82, 2.24) is 5.32 Å². The smallest absolute Gasteiger partial charge is 0.334 e. The van der Waals surface area contributed by atoms with Crippen molar-refractivity contribution in [2.75, 3.05) is 32.9 Å². The van der Waals surface area contributed by atoms with E-state index in [2.05, 4.69) is 18.8 Å². The first-order valence-electron chi connectivity index (χ1n) is 5.85. The third-order valence-corrected chi connectivity index (χ3v) is 1.89. The van der Waals surface area contributed by atoms with Crippen molar-refractivity contribution in [3.63, 3.8) is 0 Å². The number of carbonyl (C=O) groups is 1. The summed E-state index contributed by atoms with van der Waals surface area (Å²) in [6.07, 6.45) is 1.99. The predicted molar refractivity (Wildman–Crippen MR) is 64.4 cm³/mol. The van der Waals surface area contributed by atoms with Crippen molar-refractivity contribution >= 4 is 5.97 Å². The minimum atomic E-state index is -0.322. The van der Waals surface area contributed by atoms with Gasteiger partial charge in [-0.1, -0.05) is 13.5 Å². The molecular formula is C12H23NO3. The minimum Gasteiger partial charge on any atom is -0.463 e. The van der Waals surface area contributed by atoms with E-state index >= 15 is 0 Å². The molecule has 0 bridgehead atoms. The lowest BCUT2D eigenvalue weighted by Gasteiger charge is -2.07. The van der Waals surface area contributed by atoms with Gasteiger partial charge in [-0.15, -0.1) is 0 Å². The van der Waals surface area contributed by atoms with Gasteiger partial charge in [0.1, 0.15) is 0 Å². The van der Waals surface area contributed by atoms with Crippen LogP contribution in [0.2, 0.25) is 0 Å². The fourth-order valence-electron chi connectivity index (χ4n) is 1.09. The summed E-state index contributed by atoms with van der Waals surface area (Å²) in [5.41, 5.74) is 0.469. The Hall–Kier alpha value is -0.870. The molecule has 0 fully saturated rings. The van der Waals surface area contributed by atoms with Crippen LogP contribution in [0.4, 0.5) is 0 Å². The lowest BCUT2D eigenvalue weighted by molar-refractivity contribution is -0.138. The van der Waals surface area contributed by atoms with Gasteiger partial charge in [0.05, 0.1) is 6.61 Å². The second-order valence-corrected chi connectivity index (χ2v) is 3.47. The standard InChI is InChI=1S/C12H23NO3/c1-4-8-15-9-6-7-13-10-11(3)12(14)16-5-2/h13H,3-10H2,1-2H3. The molecule has 0 aromatic carbocycles. The molecule has 0 amide bonds. The quantitative estimate of drug-likeness (QED) is 0.350. The molecule has 0 saturated heterocycles. The van der Waals surface area contributed by atoms with E-state index in [9.17, 15) is 4.79 Å². The molecule has 94 valence electrons. The highest BCUT2D eigenvalue weighted by molar-refractivity contribution is 5.88. The van der Waals surface area contributed by atoms with Crippen LogP contribution in [0.5, 0.6) is 0 Å². The van der Waals surface area contributed by atoms with Crippen LogP contribution in [0.1, 0.15) is 26.7 Å². The summed E-state index contributed by atoms with van der Waals surface area (Å²) in [6, 6.07) is 0. The molecule has 0 atom stereocenters. The van der Waals surface area contributed by atoms with Crippen LogP contribution in [0.3, 0.4) is 0 Å². The Morgan fingerprint density at radius 2 is 2.06 bits per heavy atom. The van der Waals surface area contributed by atoms with E-state index in [1.54, 1.807) is 6.92 Å². The van der Waals surface area contributed by atoms with E-state index in [0.29, 0.717) is 18.7 Å². The van der Waals surface area contributed by atoms with Gasteiger partial charge in [0.2, 0.25) is 0 Å². The van der Waals surface area contributed by atoms with Crippen molar-refractivity contribution in [2.45, 2.75) is 26.7 Å². The highest BCUT2D eigenvalue weighted by Crippen LogP contribution is 1.92. The second kappa shape index (κ2) is 10.6. The zero-order valence-electron chi connectivity index (χ0n) is 10.4. The Kier molecular flexibility index (Phi) is 10.1. The molecule has 0 aliphatic carbocycles. The van der Waals surface area contributed by atoms with Crippen LogP contribution in [-0.4, -0.2) is 38.9 Å². The van der Waals surface area contributed by atoms with E-state index in [1.807, 2.05) is 0 Å². The largest absolute Gasteiger partial charge is 0.463 e. The van der Waals surface area contributed by atoms with Crippen LogP contribution >= 0.6 is 0 Å². The van der Waals surface area contributed by atoms with E-state index in [4.69, 9.17) is 9.47 Å². The first-order chi connectivity index (χ1) is 7.72. The van der Waals surface area contributed by atoms with Gasteiger partial charge in [0.25, 0.3) is 0 Å². The van der Waals surface area contributed by atoms with Gasteiger partial charge in [-0.2, -0.15) is 0 Å². The highest BCUT2D eigenvalue weighted by atomic mass is 16.5. The first-order valence-corrected chi connectivity index (χ1v) is 5.85. The lowest BCUT2D eigenvalue weighted by atomic mass is 10.3. The van der Waals surface area contributed by atoms with Crippen LogP contribution in [0.15, 0.2) is 12.2 Å². The number of nitrogens with one attached hydrogen (secondary N) is 1. The molecular weight excluding hydrogens is 206 g/mol. The number of hydrogen-bond donors (Lipinski definition) is 1. The maximum atomic E-state index is 11.2. The van der Waals surface area contributed by atoms with Gasteiger partial charge in [-0.3, -0.25) is 0 Å². The van der Waals surface area contributed by atoms with Crippen molar-refractivity contribution in [2.24, 2.45) is 0 Å². The maximum Gasteiger partial charge on any atom is 0.334 e. The molecule has 0 aliphatic heterocycles. The summed E-state index contributed by atoms with van der Waals surface area (Å²) in [6.45, 7) is 10.8. The summed E-state index contributed by atoms with van der Waals surface area (Å²) in [7, 11) is 0. The molecule has 0 radical (unpaired) electrons. The molecule has 0 aromatic rings. The van der Waals surface area contributed by atoms with Crippen molar-refractivity contribution in [1.29, 1.82) is 0 Å². The van der Waals surface area contributed by atoms with Crippen LogP contribution < -0.4 is 5.32 Å². The van der Waals surface area contributed by atoms with Crippen molar-refractivity contribution in [3.05, 3.63) is 12.2 Å². The summed E-state index contributed by atoms with van der Waals surface area (Å²) >= 11 is 0. The molecule has 1 N–H and O–H groups in total. The Morgan fingerprint density at radius 3 is 2.69 bits per heavy atom. The fraction of sp³-hybridized carbons (Fsp3) is 0.750. The molecule has 0 aliphatic rings. The number of ether oxygens (including phenoxy) is 2. The lowest BCUT2D eigenvalue weighted by Crippen LogP contribution is -2.23. The monoisotopic (exact) mass is 229 g/mol. The molecule has 4 heteroatoms. The molecule has 0 spiro atoms. The maximum absolute atomic E-state index is 11.2. The molecule has 0 heterocycles. The third kappa shape index (κ3) is 8.44. The second-order valence-electron chi connectivity index (χ2n) is 3.47. The van der Waals surface area contributed by atoms with Gasteiger partial charge in [-0.05, 0) is 26.3 Å². The normalized spacial score (nSPS) is 10.1. The third-order valence-electron chi connectivity index (χ3n) is 1.89. The fourth-order valence-corrected chi connectivity index (χ4v) is 1.09. The van der Waals surface area contributed by atoms with Crippen LogP contribution in [0, 0.1) is 0 Å². The summed E-state index contributed by atoms with van der Waals surface area (Å²) in [5, 5.41) is 3.12. The zero-order chi connectivity index (χ0) is 12.2. The Balaban J connectivity index is 3.31. The number of carbonyl (C=O) groups excluding carboxylic acids is 1. The van der Waals surface area contributed by atoms with E-state index in [1.165, 1.54) is 0 Å². The summed E-state index contributed by atoms with van der Waals surface area (Å²) in [5.74, 6) is -0.322. The van der Waals surface area contributed by atoms with Gasteiger partial charge in [-0.25, -0.2) is 4.79 Å². The SMILES string of the molecule is C=C(CNCCCOCCC)C(=O)OCC. The molecule has 0 unspecified atom stereocenters. The molecule has 4 nitrogen and oxygen atoms in total. The zero-order valence-corrected chi connectivity index (χ0v) is 10.4. The van der Waals surface area contributed by atoms with Crippen LogP contribution in [0.25, 0.3) is 0 Å². The topological polar surface area (TPSA) is 47.6 Å². The number of hydrogen-bond acceptors (Lipinski definition) is 4. The summed E-state index contributed by atoms with van der Waals surface area (Å²) < 4.78 is 10.1.